The Morgan fingerprint density at radius 3 is 1.90 bits per heavy atom. The van der Waals surface area contributed by atoms with Crippen LogP contribution in [0.3, 0.4) is 0 Å². The molecule has 2 atom stereocenters. The van der Waals surface area contributed by atoms with E-state index in [-0.39, 0.29) is 6.29 Å². The smallest absolute Gasteiger partial charge is 0.157 e. The van der Waals surface area contributed by atoms with Crippen LogP contribution < -0.4 is 0 Å². The molecule has 120 valence electrons. The second-order valence-electron chi connectivity index (χ2n) is 7.50. The average molecular weight is 292 g/mol. The van der Waals surface area contributed by atoms with Gasteiger partial charge in [0.15, 0.2) is 6.29 Å². The number of allylic oxidation sites excluding steroid dienone is 1. The first kappa shape index (κ1) is 15.6. The predicted octanol–water partition coefficient (Wildman–Crippen LogP) is 4.94. The van der Waals surface area contributed by atoms with Crippen molar-refractivity contribution in [3.63, 3.8) is 0 Å². The van der Waals surface area contributed by atoms with Gasteiger partial charge in [0.1, 0.15) is 0 Å². The van der Waals surface area contributed by atoms with Gasteiger partial charge >= 0.3 is 0 Å². The van der Waals surface area contributed by atoms with E-state index in [0.717, 1.165) is 30.1 Å². The lowest BCUT2D eigenvalue weighted by Gasteiger charge is -2.38. The van der Waals surface area contributed by atoms with Gasteiger partial charge in [-0.3, -0.25) is 0 Å². The van der Waals surface area contributed by atoms with E-state index in [1.165, 1.54) is 57.8 Å². The second kappa shape index (κ2) is 7.28. The van der Waals surface area contributed by atoms with Gasteiger partial charge in [-0.2, -0.15) is 0 Å². The van der Waals surface area contributed by atoms with E-state index in [1.54, 1.807) is 7.11 Å². The average Bonchev–Trinajstić information content (AvgIpc) is 3.04. The molecule has 1 saturated heterocycles. The Bertz CT molecular complexity index is 324. The van der Waals surface area contributed by atoms with Crippen molar-refractivity contribution in [3.05, 3.63) is 12.7 Å². The van der Waals surface area contributed by atoms with Crippen LogP contribution in [-0.4, -0.2) is 19.5 Å². The summed E-state index contributed by atoms with van der Waals surface area (Å²) < 4.78 is 11.4. The monoisotopic (exact) mass is 292 g/mol. The minimum Gasteiger partial charge on any atom is -0.356 e. The molecule has 3 fully saturated rings. The third-order valence-electron chi connectivity index (χ3n) is 6.44. The maximum absolute atomic E-state index is 6.03. The summed E-state index contributed by atoms with van der Waals surface area (Å²) in [4.78, 5) is 0. The maximum Gasteiger partial charge on any atom is 0.157 e. The lowest BCUT2D eigenvalue weighted by molar-refractivity contribution is -0.130. The van der Waals surface area contributed by atoms with E-state index in [0.29, 0.717) is 6.10 Å². The zero-order valence-electron chi connectivity index (χ0n) is 13.6. The SMILES string of the molecule is C=CC1CCC(C2CCC(C3CCC(OC)O3)CC2)CC1. The summed E-state index contributed by atoms with van der Waals surface area (Å²) >= 11 is 0. The van der Waals surface area contributed by atoms with Crippen LogP contribution in [0.5, 0.6) is 0 Å². The van der Waals surface area contributed by atoms with Crippen LogP contribution in [0.2, 0.25) is 0 Å². The van der Waals surface area contributed by atoms with Gasteiger partial charge in [-0.05, 0) is 81.5 Å². The summed E-state index contributed by atoms with van der Waals surface area (Å²) in [6.45, 7) is 3.96. The molecule has 2 nitrogen and oxygen atoms in total. The van der Waals surface area contributed by atoms with Crippen LogP contribution >= 0.6 is 0 Å². The molecule has 2 unspecified atom stereocenters. The zero-order valence-corrected chi connectivity index (χ0v) is 13.6. The molecule has 21 heavy (non-hydrogen) atoms. The number of rotatable bonds is 4. The molecule has 2 saturated carbocycles. The van der Waals surface area contributed by atoms with E-state index in [9.17, 15) is 0 Å². The number of ether oxygens (including phenoxy) is 2. The minimum absolute atomic E-state index is 0.0712. The summed E-state index contributed by atoms with van der Waals surface area (Å²) in [5.41, 5.74) is 0. The highest BCUT2D eigenvalue weighted by molar-refractivity contribution is 4.89. The topological polar surface area (TPSA) is 18.5 Å². The summed E-state index contributed by atoms with van der Waals surface area (Å²) in [6, 6.07) is 0. The van der Waals surface area contributed by atoms with Gasteiger partial charge in [0.2, 0.25) is 0 Å². The quantitative estimate of drug-likeness (QED) is 0.683. The minimum atomic E-state index is 0.0712. The molecule has 1 heterocycles. The molecule has 0 aromatic rings. The Kier molecular flexibility index (Phi) is 5.39. The molecule has 0 amide bonds. The molecule has 1 aliphatic heterocycles. The molecular weight excluding hydrogens is 260 g/mol. The fourth-order valence-electron chi connectivity index (χ4n) is 4.99. The fraction of sp³-hybridized carbons (Fsp3) is 0.895. The molecule has 2 aliphatic carbocycles. The van der Waals surface area contributed by atoms with Crippen LogP contribution in [0, 0.1) is 23.7 Å². The first-order chi connectivity index (χ1) is 10.3. The molecule has 2 heteroatoms. The van der Waals surface area contributed by atoms with Crippen molar-refractivity contribution in [2.75, 3.05) is 7.11 Å². The Morgan fingerprint density at radius 2 is 1.38 bits per heavy atom. The largest absolute Gasteiger partial charge is 0.356 e. The highest BCUT2D eigenvalue weighted by atomic mass is 16.7. The molecule has 0 bridgehead atoms. The van der Waals surface area contributed by atoms with Crippen LogP contribution in [0.25, 0.3) is 0 Å². The van der Waals surface area contributed by atoms with E-state index < -0.39 is 0 Å². The third-order valence-corrected chi connectivity index (χ3v) is 6.44. The molecule has 0 aromatic carbocycles. The van der Waals surface area contributed by atoms with Gasteiger partial charge in [0.05, 0.1) is 6.10 Å². The first-order valence-electron chi connectivity index (χ1n) is 9.11. The second-order valence-corrected chi connectivity index (χ2v) is 7.50. The Hall–Kier alpha value is -0.340. The lowest BCUT2D eigenvalue weighted by atomic mass is 9.68. The van der Waals surface area contributed by atoms with Gasteiger partial charge in [0.25, 0.3) is 0 Å². The Balaban J connectivity index is 1.42. The van der Waals surface area contributed by atoms with Crippen molar-refractivity contribution in [2.45, 2.75) is 76.6 Å². The van der Waals surface area contributed by atoms with Crippen molar-refractivity contribution in [1.29, 1.82) is 0 Å². The number of hydrogen-bond donors (Lipinski definition) is 0. The third kappa shape index (κ3) is 3.71. The van der Waals surface area contributed by atoms with E-state index in [2.05, 4.69) is 12.7 Å². The van der Waals surface area contributed by atoms with E-state index in [4.69, 9.17) is 9.47 Å². The molecular formula is C19H32O2. The van der Waals surface area contributed by atoms with Gasteiger partial charge in [-0.25, -0.2) is 0 Å². The molecule has 0 spiro atoms. The first-order valence-corrected chi connectivity index (χ1v) is 9.11. The lowest BCUT2D eigenvalue weighted by Crippen LogP contribution is -2.30. The molecule has 3 aliphatic rings. The standard InChI is InChI=1S/C19H32O2/c1-3-14-4-6-15(7-5-14)16-8-10-17(11-9-16)18-12-13-19(20-2)21-18/h3,14-19H,1,4-13H2,2H3. The molecule has 0 radical (unpaired) electrons. The summed E-state index contributed by atoms with van der Waals surface area (Å²) in [7, 11) is 1.77. The number of methoxy groups -OCH3 is 1. The van der Waals surface area contributed by atoms with E-state index >= 15 is 0 Å². The van der Waals surface area contributed by atoms with Crippen LogP contribution in [0.1, 0.15) is 64.2 Å². The summed E-state index contributed by atoms with van der Waals surface area (Å²) in [6.07, 6.45) is 16.3. The van der Waals surface area contributed by atoms with Gasteiger partial charge in [-0.1, -0.05) is 6.08 Å². The van der Waals surface area contributed by atoms with Crippen LogP contribution in [-0.2, 0) is 9.47 Å². The van der Waals surface area contributed by atoms with Crippen LogP contribution in [0.15, 0.2) is 12.7 Å². The Morgan fingerprint density at radius 1 is 0.810 bits per heavy atom. The summed E-state index contributed by atoms with van der Waals surface area (Å²) in [5, 5.41) is 0. The van der Waals surface area contributed by atoms with Crippen molar-refractivity contribution in [1.82, 2.24) is 0 Å². The van der Waals surface area contributed by atoms with Gasteiger partial charge in [-0.15, -0.1) is 6.58 Å². The number of hydrogen-bond acceptors (Lipinski definition) is 2. The predicted molar refractivity (Wildman–Crippen MR) is 86.0 cm³/mol. The fourth-order valence-corrected chi connectivity index (χ4v) is 4.99. The molecule has 0 N–H and O–H groups in total. The van der Waals surface area contributed by atoms with Crippen molar-refractivity contribution in [2.24, 2.45) is 23.7 Å². The zero-order chi connectivity index (χ0) is 14.7. The van der Waals surface area contributed by atoms with Gasteiger partial charge < -0.3 is 9.47 Å². The van der Waals surface area contributed by atoms with Crippen LogP contribution in [0.4, 0.5) is 0 Å². The highest BCUT2D eigenvalue weighted by Gasteiger charge is 2.36. The van der Waals surface area contributed by atoms with E-state index in [1.807, 2.05) is 0 Å². The Labute approximate surface area is 130 Å². The normalized spacial score (nSPS) is 44.6. The molecule has 0 aromatic heterocycles. The van der Waals surface area contributed by atoms with Crippen molar-refractivity contribution < 1.29 is 9.47 Å². The van der Waals surface area contributed by atoms with Crippen molar-refractivity contribution >= 4 is 0 Å². The van der Waals surface area contributed by atoms with Gasteiger partial charge in [0, 0.05) is 13.5 Å². The maximum atomic E-state index is 6.03. The van der Waals surface area contributed by atoms with Crippen molar-refractivity contribution in [3.8, 4) is 0 Å². The summed E-state index contributed by atoms with van der Waals surface area (Å²) in [5.74, 6) is 3.59. The molecule has 3 rings (SSSR count). The highest BCUT2D eigenvalue weighted by Crippen LogP contribution is 2.43.